The van der Waals surface area contributed by atoms with Gasteiger partial charge in [-0.15, -0.1) is 13.2 Å². The van der Waals surface area contributed by atoms with Crippen molar-refractivity contribution in [3.05, 3.63) is 143 Å². The molecule has 1 unspecified atom stereocenters. The van der Waals surface area contributed by atoms with Crippen molar-refractivity contribution in [2.75, 3.05) is 66.7 Å². The van der Waals surface area contributed by atoms with E-state index in [0.717, 1.165) is 78.8 Å². The van der Waals surface area contributed by atoms with E-state index in [1.807, 2.05) is 62.6 Å². The predicted molar refractivity (Wildman–Crippen MR) is 267 cm³/mol. The number of aromatic nitrogens is 1. The van der Waals surface area contributed by atoms with E-state index in [1.54, 1.807) is 7.11 Å². The Kier molecular flexibility index (Phi) is 20.8. The SMILES string of the molecule is COC(=O)CCC(C(=O)/C=C/c1ccc(O)c(OC)c1)C(=O)/C=C/c1ccc(O)c(OC(F)(F)F)c1.COc1cccc(CNCCOCCOc2ccc3nc(/C=C/c4ccc(N(C)C)cc4)oc3c2)c1. The van der Waals surface area contributed by atoms with Crippen molar-refractivity contribution < 1.29 is 70.6 Å². The van der Waals surface area contributed by atoms with E-state index in [0.29, 0.717) is 36.9 Å². The smallest absolute Gasteiger partial charge is 0.504 e. The number of phenolic OH excluding ortho intramolecular Hbond substituents is 2. The molecule has 0 saturated carbocycles. The maximum Gasteiger partial charge on any atom is 0.573 e. The number of ether oxygens (including phenoxy) is 6. The number of ketones is 2. The second-order valence-corrected chi connectivity index (χ2v) is 15.8. The Hall–Kier alpha value is -8.09. The minimum Gasteiger partial charge on any atom is -0.504 e. The summed E-state index contributed by atoms with van der Waals surface area (Å²) in [5.74, 6) is -2.63. The second-order valence-electron chi connectivity index (χ2n) is 15.8. The van der Waals surface area contributed by atoms with Gasteiger partial charge in [0.05, 0.1) is 40.5 Å². The molecule has 3 N–H and O–H groups in total. The van der Waals surface area contributed by atoms with Crippen LogP contribution in [-0.4, -0.2) is 101 Å². The standard InChI is InChI=1S/C29H33N3O4.C25H23F3O8/c1-32(2)24-10-7-22(8-11-24)9-14-29-31-27-13-12-26(20-28(27)36-29)35-18-17-34-16-15-30-21-23-5-4-6-25(19-23)33-3;1-34-22-13-15(5-10-20(22)31)3-8-18(29)17(7-12-24(33)35-2)19(30)9-4-16-6-11-21(32)23(14-16)36-25(26,27)28/h4-14,19-20,30H,15-18,21H2,1-3H3;3-6,8-11,13-14,17,31-32H,7,12H2,1-2H3/b14-9+;8-3+,9-4+. The van der Waals surface area contributed by atoms with Gasteiger partial charge in [-0.2, -0.15) is 0 Å². The van der Waals surface area contributed by atoms with Crippen LogP contribution in [0.15, 0.2) is 120 Å². The van der Waals surface area contributed by atoms with Gasteiger partial charge in [0, 0.05) is 51.4 Å². The van der Waals surface area contributed by atoms with E-state index in [2.05, 4.69) is 55.0 Å². The average Bonchev–Trinajstić information content (AvgIpc) is 3.78. The molecule has 380 valence electrons. The predicted octanol–water partition coefficient (Wildman–Crippen LogP) is 9.70. The molecule has 0 aliphatic rings. The summed E-state index contributed by atoms with van der Waals surface area (Å²) < 4.78 is 73.4. The third-order valence-electron chi connectivity index (χ3n) is 10.4. The van der Waals surface area contributed by atoms with Crippen molar-refractivity contribution in [3.8, 4) is 34.5 Å². The number of nitrogens with one attached hydrogen (secondary N) is 1. The lowest BCUT2D eigenvalue weighted by molar-refractivity contribution is -0.275. The van der Waals surface area contributed by atoms with Gasteiger partial charge in [-0.3, -0.25) is 14.4 Å². The van der Waals surface area contributed by atoms with Crippen LogP contribution in [0.5, 0.6) is 34.5 Å². The molecule has 6 aromatic rings. The Bertz CT molecular complexity index is 2820. The van der Waals surface area contributed by atoms with Gasteiger partial charge in [0.25, 0.3) is 0 Å². The van der Waals surface area contributed by atoms with Gasteiger partial charge in [-0.05, 0) is 108 Å². The third-order valence-corrected chi connectivity index (χ3v) is 10.4. The van der Waals surface area contributed by atoms with Crippen molar-refractivity contribution in [1.82, 2.24) is 10.3 Å². The Morgan fingerprint density at radius 3 is 2.04 bits per heavy atom. The summed E-state index contributed by atoms with van der Waals surface area (Å²) >= 11 is 0. The highest BCUT2D eigenvalue weighted by molar-refractivity contribution is 6.13. The number of hydrogen-bond donors (Lipinski definition) is 3. The lowest BCUT2D eigenvalue weighted by Gasteiger charge is -2.11. The molecule has 0 aliphatic carbocycles. The van der Waals surface area contributed by atoms with Crippen LogP contribution in [0.25, 0.3) is 35.4 Å². The number of anilines is 1. The highest BCUT2D eigenvalue weighted by atomic mass is 19.4. The summed E-state index contributed by atoms with van der Waals surface area (Å²) in [6.07, 6.45) is 3.11. The molecule has 1 aromatic heterocycles. The Balaban J connectivity index is 0.000000267. The van der Waals surface area contributed by atoms with Crippen LogP contribution < -0.4 is 29.2 Å². The number of carbonyl (C=O) groups excluding carboxylic acids is 3. The molecule has 0 aliphatic heterocycles. The zero-order valence-corrected chi connectivity index (χ0v) is 40.3. The molecule has 1 heterocycles. The average molecular weight is 996 g/mol. The van der Waals surface area contributed by atoms with Crippen LogP contribution in [0.4, 0.5) is 18.9 Å². The molecule has 0 amide bonds. The second kappa shape index (κ2) is 27.3. The first-order chi connectivity index (χ1) is 34.5. The lowest BCUT2D eigenvalue weighted by Crippen LogP contribution is -2.22. The molecule has 72 heavy (non-hydrogen) atoms. The van der Waals surface area contributed by atoms with Crippen LogP contribution in [0.3, 0.4) is 0 Å². The molecule has 0 saturated heterocycles. The number of allylic oxidation sites excluding steroid dienone is 2. The Morgan fingerprint density at radius 2 is 1.40 bits per heavy atom. The number of oxazole rings is 1. The number of fused-ring (bicyclic) bond motifs is 1. The van der Waals surface area contributed by atoms with Gasteiger partial charge in [0.2, 0.25) is 5.89 Å². The number of nitrogens with zero attached hydrogens (tertiary/aromatic N) is 2. The molecule has 18 heteroatoms. The van der Waals surface area contributed by atoms with Crippen molar-refractivity contribution in [2.24, 2.45) is 5.92 Å². The fourth-order valence-electron chi connectivity index (χ4n) is 6.63. The van der Waals surface area contributed by atoms with Crippen LogP contribution >= 0.6 is 0 Å². The number of esters is 1. The van der Waals surface area contributed by atoms with Gasteiger partial charge in [0.15, 0.2) is 40.1 Å². The fourth-order valence-corrected chi connectivity index (χ4v) is 6.63. The summed E-state index contributed by atoms with van der Waals surface area (Å²) in [6, 6.07) is 29.4. The van der Waals surface area contributed by atoms with Crippen molar-refractivity contribution in [3.63, 3.8) is 0 Å². The quantitative estimate of drug-likeness (QED) is 0.0225. The minimum absolute atomic E-state index is 0.0892. The van der Waals surface area contributed by atoms with Gasteiger partial charge in [0.1, 0.15) is 23.6 Å². The summed E-state index contributed by atoms with van der Waals surface area (Å²) in [5, 5.41) is 22.6. The highest BCUT2D eigenvalue weighted by Crippen LogP contribution is 2.33. The van der Waals surface area contributed by atoms with Gasteiger partial charge >= 0.3 is 12.3 Å². The first kappa shape index (κ1) is 54.8. The van der Waals surface area contributed by atoms with Crippen LogP contribution in [0.2, 0.25) is 0 Å². The molecular weight excluding hydrogens is 940 g/mol. The molecule has 1 atom stereocenters. The maximum atomic E-state index is 12.8. The summed E-state index contributed by atoms with van der Waals surface area (Å²) in [7, 11) is 8.24. The molecular formula is C54H56F3N3O12. The minimum atomic E-state index is -5.03. The normalized spacial score (nSPS) is 11.9. The van der Waals surface area contributed by atoms with Crippen LogP contribution in [-0.2, 0) is 30.4 Å². The number of alkyl halides is 3. The number of methoxy groups -OCH3 is 3. The van der Waals surface area contributed by atoms with E-state index in [1.165, 1.54) is 43.0 Å². The molecule has 0 radical (unpaired) electrons. The number of rotatable bonds is 24. The van der Waals surface area contributed by atoms with Crippen molar-refractivity contribution >= 4 is 58.6 Å². The van der Waals surface area contributed by atoms with E-state index in [9.17, 15) is 37.8 Å². The zero-order chi connectivity index (χ0) is 52.0. The molecule has 15 nitrogen and oxygen atoms in total. The van der Waals surface area contributed by atoms with E-state index in [-0.39, 0.29) is 29.9 Å². The molecule has 0 bridgehead atoms. The number of benzene rings is 5. The number of carbonyl (C=O) groups is 3. The molecule has 0 spiro atoms. The number of phenols is 2. The van der Waals surface area contributed by atoms with Crippen LogP contribution in [0.1, 0.15) is 41.0 Å². The molecule has 0 fully saturated rings. The number of hydrogen-bond acceptors (Lipinski definition) is 15. The first-order valence-corrected chi connectivity index (χ1v) is 22.4. The summed E-state index contributed by atoms with van der Waals surface area (Å²) in [6.45, 7) is 3.12. The van der Waals surface area contributed by atoms with Gasteiger partial charge in [-0.1, -0.05) is 48.6 Å². The zero-order valence-electron chi connectivity index (χ0n) is 40.3. The van der Waals surface area contributed by atoms with Gasteiger partial charge < -0.3 is 53.3 Å². The lowest BCUT2D eigenvalue weighted by atomic mass is 9.92. The first-order valence-electron chi connectivity index (χ1n) is 22.4. The fraction of sp³-hybridized carbons (Fsp3) is 0.259. The highest BCUT2D eigenvalue weighted by Gasteiger charge is 2.32. The third kappa shape index (κ3) is 18.0. The number of aromatic hydroxyl groups is 2. The largest absolute Gasteiger partial charge is 0.573 e. The monoisotopic (exact) mass is 995 g/mol. The maximum absolute atomic E-state index is 12.8. The van der Waals surface area contributed by atoms with E-state index < -0.39 is 41.3 Å². The van der Waals surface area contributed by atoms with Crippen molar-refractivity contribution in [1.29, 1.82) is 0 Å². The van der Waals surface area contributed by atoms with Crippen molar-refractivity contribution in [2.45, 2.75) is 25.7 Å². The number of halogens is 3. The Morgan fingerprint density at radius 1 is 0.736 bits per heavy atom. The summed E-state index contributed by atoms with van der Waals surface area (Å²) in [5.41, 5.74) is 5.49. The topological polar surface area (TPSA) is 188 Å². The van der Waals surface area contributed by atoms with E-state index >= 15 is 0 Å². The van der Waals surface area contributed by atoms with E-state index in [4.69, 9.17) is 23.4 Å². The molecule has 5 aromatic carbocycles. The van der Waals surface area contributed by atoms with Crippen LogP contribution in [0, 0.1) is 5.92 Å². The Labute approximate surface area is 414 Å². The summed E-state index contributed by atoms with van der Waals surface area (Å²) in [4.78, 5) is 43.7. The molecule has 6 rings (SSSR count). The van der Waals surface area contributed by atoms with Gasteiger partial charge in [-0.25, -0.2) is 4.98 Å².